The molecule has 1 amide bonds. The van der Waals surface area contributed by atoms with Gasteiger partial charge < -0.3 is 4.90 Å². The van der Waals surface area contributed by atoms with Gasteiger partial charge in [0.15, 0.2) is 0 Å². The molecule has 1 heterocycles. The Kier molecular flexibility index (Phi) is 3.87. The van der Waals surface area contributed by atoms with Gasteiger partial charge in [-0.3, -0.25) is 9.78 Å². The monoisotopic (exact) mass is 320 g/mol. The highest BCUT2D eigenvalue weighted by atomic mass is 16.2. The van der Waals surface area contributed by atoms with Gasteiger partial charge in [-0.1, -0.05) is 42.3 Å². The number of aromatic nitrogens is 1. The summed E-state index contributed by atoms with van der Waals surface area (Å²) in [5.41, 5.74) is 3.29. The van der Waals surface area contributed by atoms with Crippen LogP contribution >= 0.6 is 0 Å². The van der Waals surface area contributed by atoms with Crippen molar-refractivity contribution in [1.82, 2.24) is 9.88 Å². The van der Waals surface area contributed by atoms with E-state index in [1.807, 2.05) is 30.1 Å². The molecule has 2 fully saturated rings. The van der Waals surface area contributed by atoms with Crippen LogP contribution in [-0.4, -0.2) is 22.8 Å². The number of carbonyl (C=O) groups excluding carboxylic acids is 1. The summed E-state index contributed by atoms with van der Waals surface area (Å²) in [5, 5.41) is 0. The lowest BCUT2D eigenvalue weighted by molar-refractivity contribution is -0.133. The van der Waals surface area contributed by atoms with E-state index in [4.69, 9.17) is 0 Å². The summed E-state index contributed by atoms with van der Waals surface area (Å²) in [7, 11) is 1.94. The maximum Gasteiger partial charge on any atom is 0.226 e. The minimum Gasteiger partial charge on any atom is -0.333 e. The van der Waals surface area contributed by atoms with E-state index < -0.39 is 0 Å². The number of hydrogen-bond acceptors (Lipinski definition) is 2. The Morgan fingerprint density at radius 3 is 2.46 bits per heavy atom. The van der Waals surface area contributed by atoms with Crippen LogP contribution in [0.15, 0.2) is 48.7 Å². The van der Waals surface area contributed by atoms with Crippen LogP contribution in [0.25, 0.3) is 0 Å². The number of rotatable bonds is 4. The van der Waals surface area contributed by atoms with Gasteiger partial charge in [0, 0.05) is 19.2 Å². The van der Waals surface area contributed by atoms with Crippen molar-refractivity contribution in [2.45, 2.75) is 32.2 Å². The van der Waals surface area contributed by atoms with E-state index >= 15 is 0 Å². The second kappa shape index (κ2) is 6.04. The summed E-state index contributed by atoms with van der Waals surface area (Å²) in [6.07, 6.45) is 5.56. The van der Waals surface area contributed by atoms with Crippen molar-refractivity contribution < 1.29 is 4.79 Å². The molecular weight excluding hydrogens is 296 g/mol. The Hall–Kier alpha value is -2.16. The van der Waals surface area contributed by atoms with Crippen LogP contribution in [0.3, 0.4) is 0 Å². The molecule has 0 saturated heterocycles. The van der Waals surface area contributed by atoms with E-state index in [1.165, 1.54) is 24.8 Å². The first-order chi connectivity index (χ1) is 11.7. The lowest BCUT2D eigenvalue weighted by atomic mass is 9.99. The highest BCUT2D eigenvalue weighted by Crippen LogP contribution is 2.58. The first kappa shape index (κ1) is 15.4. The molecule has 0 N–H and O–H groups in total. The van der Waals surface area contributed by atoms with Crippen molar-refractivity contribution in [1.29, 1.82) is 0 Å². The van der Waals surface area contributed by atoms with Crippen molar-refractivity contribution >= 4 is 5.91 Å². The van der Waals surface area contributed by atoms with Gasteiger partial charge in [-0.15, -0.1) is 0 Å². The zero-order valence-electron chi connectivity index (χ0n) is 14.4. The zero-order chi connectivity index (χ0) is 16.7. The number of fused-ring (bicyclic) bond motifs is 1. The molecule has 2 aliphatic rings. The first-order valence-electron chi connectivity index (χ1n) is 8.91. The molecule has 2 aromatic rings. The molecule has 1 aromatic heterocycles. The highest BCUT2D eigenvalue weighted by Gasteiger charge is 2.57. The number of amides is 1. The molecule has 3 atom stereocenters. The average Bonchev–Trinajstić information content (AvgIpc) is 3.08. The van der Waals surface area contributed by atoms with Crippen molar-refractivity contribution in [3.05, 3.63) is 65.5 Å². The van der Waals surface area contributed by atoms with Gasteiger partial charge in [-0.05, 0) is 49.3 Å². The minimum absolute atomic E-state index is 0.111. The maximum atomic E-state index is 13.1. The molecule has 0 radical (unpaired) electrons. The van der Waals surface area contributed by atoms with Crippen LogP contribution in [0.4, 0.5) is 0 Å². The number of hydrogen-bond donors (Lipinski definition) is 0. The summed E-state index contributed by atoms with van der Waals surface area (Å²) in [6, 6.07) is 14.3. The number of pyridine rings is 1. The van der Waals surface area contributed by atoms with Gasteiger partial charge in [-0.25, -0.2) is 0 Å². The van der Waals surface area contributed by atoms with E-state index in [0.717, 1.165) is 11.3 Å². The standard InChI is InChI=1S/C21H24N2O/c1-14-9-11-15(12-10-14)20(18-8-3-4-13-22-18)23(2)21(24)19-16-6-5-7-17(16)19/h3-4,8-13,16-17,19-20H,5-7H2,1-2H3/t16-,17-,20-/m1/s1. The molecule has 24 heavy (non-hydrogen) atoms. The summed E-state index contributed by atoms with van der Waals surface area (Å²) in [4.78, 5) is 19.5. The third-order valence-electron chi connectivity index (χ3n) is 5.79. The molecule has 3 heteroatoms. The van der Waals surface area contributed by atoms with Crippen molar-refractivity contribution in [3.8, 4) is 0 Å². The molecule has 3 nitrogen and oxygen atoms in total. The Morgan fingerprint density at radius 2 is 1.83 bits per heavy atom. The third-order valence-corrected chi connectivity index (χ3v) is 5.79. The molecule has 0 spiro atoms. The van der Waals surface area contributed by atoms with E-state index in [9.17, 15) is 4.79 Å². The van der Waals surface area contributed by atoms with Crippen molar-refractivity contribution in [2.24, 2.45) is 17.8 Å². The van der Waals surface area contributed by atoms with Crippen LogP contribution in [0.5, 0.6) is 0 Å². The highest BCUT2D eigenvalue weighted by molar-refractivity contribution is 5.83. The number of carbonyl (C=O) groups is 1. The quantitative estimate of drug-likeness (QED) is 0.853. The Balaban J connectivity index is 1.64. The third kappa shape index (κ3) is 2.62. The van der Waals surface area contributed by atoms with Gasteiger partial charge >= 0.3 is 0 Å². The molecule has 0 aliphatic heterocycles. The molecule has 2 aliphatic carbocycles. The molecule has 124 valence electrons. The lowest BCUT2D eigenvalue weighted by Crippen LogP contribution is -2.34. The fourth-order valence-electron chi connectivity index (χ4n) is 4.43. The fraction of sp³-hybridized carbons (Fsp3) is 0.429. The number of benzene rings is 1. The molecule has 4 rings (SSSR count). The van der Waals surface area contributed by atoms with Gasteiger partial charge in [0.05, 0.1) is 11.7 Å². The van der Waals surface area contributed by atoms with E-state index in [1.54, 1.807) is 6.20 Å². The van der Waals surface area contributed by atoms with Crippen molar-refractivity contribution in [3.63, 3.8) is 0 Å². The molecule has 1 aromatic carbocycles. The van der Waals surface area contributed by atoms with Gasteiger partial charge in [-0.2, -0.15) is 0 Å². The van der Waals surface area contributed by atoms with Crippen LogP contribution in [-0.2, 0) is 4.79 Å². The predicted octanol–water partition coefficient (Wildman–Crippen LogP) is 3.98. The normalized spacial score (nSPS) is 25.8. The topological polar surface area (TPSA) is 33.2 Å². The molecule has 0 bridgehead atoms. The van der Waals surface area contributed by atoms with Gasteiger partial charge in [0.2, 0.25) is 5.91 Å². The summed E-state index contributed by atoms with van der Waals surface area (Å²) in [6.45, 7) is 2.08. The largest absolute Gasteiger partial charge is 0.333 e. The van der Waals surface area contributed by atoms with E-state index in [0.29, 0.717) is 17.7 Å². The van der Waals surface area contributed by atoms with Crippen molar-refractivity contribution in [2.75, 3.05) is 7.05 Å². The summed E-state index contributed by atoms with van der Waals surface area (Å²) >= 11 is 0. The predicted molar refractivity (Wildman–Crippen MR) is 94.4 cm³/mol. The molecule has 2 saturated carbocycles. The lowest BCUT2D eigenvalue weighted by Gasteiger charge is -2.29. The Labute approximate surface area is 143 Å². The zero-order valence-corrected chi connectivity index (χ0v) is 14.4. The Bertz CT molecular complexity index is 715. The number of aryl methyl sites for hydroxylation is 1. The average molecular weight is 320 g/mol. The smallest absolute Gasteiger partial charge is 0.226 e. The fourth-order valence-corrected chi connectivity index (χ4v) is 4.43. The molecular formula is C21H24N2O. The van der Waals surface area contributed by atoms with Gasteiger partial charge in [0.25, 0.3) is 0 Å². The summed E-state index contributed by atoms with van der Waals surface area (Å²) < 4.78 is 0. The second-order valence-corrected chi connectivity index (χ2v) is 7.30. The maximum absolute atomic E-state index is 13.1. The van der Waals surface area contributed by atoms with E-state index in [2.05, 4.69) is 36.2 Å². The van der Waals surface area contributed by atoms with Crippen LogP contribution in [0.1, 0.15) is 42.1 Å². The Morgan fingerprint density at radius 1 is 1.12 bits per heavy atom. The summed E-state index contributed by atoms with van der Waals surface area (Å²) in [5.74, 6) is 1.83. The second-order valence-electron chi connectivity index (χ2n) is 7.30. The van der Waals surface area contributed by atoms with Crippen LogP contribution in [0.2, 0.25) is 0 Å². The number of nitrogens with zero attached hydrogens (tertiary/aromatic N) is 2. The first-order valence-corrected chi connectivity index (χ1v) is 8.91. The molecule has 0 unspecified atom stereocenters. The van der Waals surface area contributed by atoms with Gasteiger partial charge in [0.1, 0.15) is 0 Å². The SMILES string of the molecule is Cc1ccc([C@H](c2ccccn2)N(C)C(=O)C2[C@@H]3CCC[C@@H]23)cc1. The van der Waals surface area contributed by atoms with Crippen LogP contribution in [0, 0.1) is 24.7 Å². The van der Waals surface area contributed by atoms with Crippen LogP contribution < -0.4 is 0 Å². The van der Waals surface area contributed by atoms with E-state index in [-0.39, 0.29) is 12.0 Å². The minimum atomic E-state index is -0.111.